The lowest BCUT2D eigenvalue weighted by Gasteiger charge is -2.26. The van der Waals surface area contributed by atoms with Crippen LogP contribution in [0.1, 0.15) is 37.9 Å². The summed E-state index contributed by atoms with van der Waals surface area (Å²) in [6.07, 6.45) is 0. The predicted molar refractivity (Wildman–Crippen MR) is 119 cm³/mol. The van der Waals surface area contributed by atoms with Crippen LogP contribution >= 0.6 is 0 Å². The Balaban J connectivity index is 2.04. The first-order valence-electron chi connectivity index (χ1n) is 10.3. The van der Waals surface area contributed by atoms with Gasteiger partial charge in [0.2, 0.25) is 5.91 Å². The summed E-state index contributed by atoms with van der Waals surface area (Å²) < 4.78 is 15.9. The zero-order valence-corrected chi connectivity index (χ0v) is 18.9. The van der Waals surface area contributed by atoms with Crippen LogP contribution in [-0.2, 0) is 11.3 Å². The Labute approximate surface area is 180 Å². The summed E-state index contributed by atoms with van der Waals surface area (Å²) in [6, 6.07) is 13.6. The van der Waals surface area contributed by atoms with E-state index in [0.717, 1.165) is 23.4 Å². The first kappa shape index (κ1) is 23.5. The van der Waals surface area contributed by atoms with Gasteiger partial charge in [-0.25, -0.2) is 0 Å². The summed E-state index contributed by atoms with van der Waals surface area (Å²) in [5.74, 6) is 2.46. The number of benzene rings is 2. The van der Waals surface area contributed by atoms with E-state index in [4.69, 9.17) is 14.2 Å². The van der Waals surface area contributed by atoms with Gasteiger partial charge in [-0.05, 0) is 47.9 Å². The first-order valence-corrected chi connectivity index (χ1v) is 10.3. The molecular formula is C24H34N2O4. The van der Waals surface area contributed by atoms with Crippen molar-refractivity contribution >= 4 is 5.91 Å². The lowest BCUT2D eigenvalue weighted by molar-refractivity contribution is -0.123. The Bertz CT molecular complexity index is 805. The molecule has 0 radical (unpaired) electrons. The topological polar surface area (TPSA) is 60.0 Å². The summed E-state index contributed by atoms with van der Waals surface area (Å²) in [5.41, 5.74) is 2.14. The van der Waals surface area contributed by atoms with Crippen molar-refractivity contribution in [2.24, 2.45) is 5.92 Å². The highest BCUT2D eigenvalue weighted by Gasteiger charge is 2.20. The molecule has 0 bridgehead atoms. The molecule has 164 valence electrons. The first-order chi connectivity index (χ1) is 14.4. The van der Waals surface area contributed by atoms with E-state index in [0.29, 0.717) is 24.6 Å². The van der Waals surface area contributed by atoms with Gasteiger partial charge in [-0.15, -0.1) is 0 Å². The van der Waals surface area contributed by atoms with Crippen LogP contribution in [0.4, 0.5) is 0 Å². The Morgan fingerprint density at radius 3 is 2.17 bits per heavy atom. The van der Waals surface area contributed by atoms with Gasteiger partial charge in [0.25, 0.3) is 0 Å². The minimum Gasteiger partial charge on any atom is -0.497 e. The maximum atomic E-state index is 12.8. The molecular weight excluding hydrogens is 380 g/mol. The van der Waals surface area contributed by atoms with E-state index < -0.39 is 0 Å². The molecule has 0 aromatic heterocycles. The van der Waals surface area contributed by atoms with E-state index in [1.807, 2.05) is 42.5 Å². The normalized spacial score (nSPS) is 12.0. The van der Waals surface area contributed by atoms with Gasteiger partial charge in [0, 0.05) is 6.54 Å². The molecule has 2 aromatic carbocycles. The molecule has 1 N–H and O–H groups in total. The third kappa shape index (κ3) is 6.39. The molecule has 0 saturated heterocycles. The SMILES string of the molecule is CCN(CC(=O)NC(c1ccc(OC)cc1)C(C)C)Cc1ccc(OC)c(OC)c1. The Kier molecular flexibility index (Phi) is 8.99. The molecule has 2 rings (SSSR count). The van der Waals surface area contributed by atoms with Crippen molar-refractivity contribution in [2.45, 2.75) is 33.4 Å². The molecule has 1 atom stereocenters. The second-order valence-corrected chi connectivity index (χ2v) is 7.55. The minimum absolute atomic E-state index is 0.00634. The number of nitrogens with zero attached hydrogens (tertiary/aromatic N) is 1. The third-order valence-electron chi connectivity index (χ3n) is 5.13. The molecule has 1 amide bonds. The van der Waals surface area contributed by atoms with Crippen LogP contribution in [-0.4, -0.2) is 45.2 Å². The fourth-order valence-electron chi connectivity index (χ4n) is 3.39. The lowest BCUT2D eigenvalue weighted by Crippen LogP contribution is -2.40. The summed E-state index contributed by atoms with van der Waals surface area (Å²) >= 11 is 0. The van der Waals surface area contributed by atoms with Gasteiger partial charge in [0.05, 0.1) is 33.9 Å². The van der Waals surface area contributed by atoms with Crippen molar-refractivity contribution in [1.29, 1.82) is 0 Å². The Hall–Kier alpha value is -2.73. The lowest BCUT2D eigenvalue weighted by atomic mass is 9.96. The highest BCUT2D eigenvalue weighted by atomic mass is 16.5. The van der Waals surface area contributed by atoms with E-state index in [9.17, 15) is 4.79 Å². The molecule has 6 heteroatoms. The van der Waals surface area contributed by atoms with Crippen molar-refractivity contribution in [3.8, 4) is 17.2 Å². The van der Waals surface area contributed by atoms with Gasteiger partial charge in [-0.3, -0.25) is 9.69 Å². The van der Waals surface area contributed by atoms with E-state index >= 15 is 0 Å². The Morgan fingerprint density at radius 1 is 0.967 bits per heavy atom. The van der Waals surface area contributed by atoms with Crippen LogP contribution in [0, 0.1) is 5.92 Å². The number of likely N-dealkylation sites (N-methyl/N-ethyl adjacent to an activating group) is 1. The number of ether oxygens (including phenoxy) is 3. The third-order valence-corrected chi connectivity index (χ3v) is 5.13. The summed E-state index contributed by atoms with van der Waals surface area (Å²) in [4.78, 5) is 14.9. The number of carbonyl (C=O) groups excluding carboxylic acids is 1. The molecule has 0 saturated carbocycles. The molecule has 0 aliphatic carbocycles. The number of methoxy groups -OCH3 is 3. The van der Waals surface area contributed by atoms with Gasteiger partial charge >= 0.3 is 0 Å². The fraction of sp³-hybridized carbons (Fsp3) is 0.458. The van der Waals surface area contributed by atoms with Crippen LogP contribution in [0.25, 0.3) is 0 Å². The van der Waals surface area contributed by atoms with Crippen molar-refractivity contribution < 1.29 is 19.0 Å². The molecule has 0 fully saturated rings. The maximum absolute atomic E-state index is 12.8. The molecule has 0 aliphatic heterocycles. The van der Waals surface area contributed by atoms with E-state index in [1.54, 1.807) is 21.3 Å². The van der Waals surface area contributed by atoms with Crippen LogP contribution in [0.3, 0.4) is 0 Å². The highest BCUT2D eigenvalue weighted by molar-refractivity contribution is 5.78. The van der Waals surface area contributed by atoms with Gasteiger partial charge in [0.1, 0.15) is 5.75 Å². The van der Waals surface area contributed by atoms with Crippen LogP contribution in [0.2, 0.25) is 0 Å². The van der Waals surface area contributed by atoms with E-state index in [2.05, 4.69) is 31.0 Å². The summed E-state index contributed by atoms with van der Waals surface area (Å²) in [5, 5.41) is 3.20. The average Bonchev–Trinajstić information content (AvgIpc) is 2.76. The van der Waals surface area contributed by atoms with Gasteiger partial charge in [-0.2, -0.15) is 0 Å². The van der Waals surface area contributed by atoms with Crippen LogP contribution < -0.4 is 19.5 Å². The van der Waals surface area contributed by atoms with E-state index in [1.165, 1.54) is 0 Å². The average molecular weight is 415 g/mol. The highest BCUT2D eigenvalue weighted by Crippen LogP contribution is 2.28. The quantitative estimate of drug-likeness (QED) is 0.601. The number of hydrogen-bond acceptors (Lipinski definition) is 5. The van der Waals surface area contributed by atoms with Crippen molar-refractivity contribution in [3.63, 3.8) is 0 Å². The monoisotopic (exact) mass is 414 g/mol. The second kappa shape index (κ2) is 11.5. The maximum Gasteiger partial charge on any atom is 0.234 e. The molecule has 1 unspecified atom stereocenters. The summed E-state index contributed by atoms with van der Waals surface area (Å²) in [7, 11) is 4.89. The molecule has 2 aromatic rings. The van der Waals surface area contributed by atoms with E-state index in [-0.39, 0.29) is 17.9 Å². The number of amides is 1. The Morgan fingerprint density at radius 2 is 1.63 bits per heavy atom. The number of carbonyl (C=O) groups is 1. The summed E-state index contributed by atoms with van der Waals surface area (Å²) in [6.45, 7) is 8.00. The van der Waals surface area contributed by atoms with Crippen LogP contribution in [0.5, 0.6) is 17.2 Å². The number of hydrogen-bond donors (Lipinski definition) is 1. The zero-order valence-electron chi connectivity index (χ0n) is 18.9. The fourth-order valence-corrected chi connectivity index (χ4v) is 3.39. The van der Waals surface area contributed by atoms with Crippen molar-refractivity contribution in [2.75, 3.05) is 34.4 Å². The standard InChI is InChI=1S/C24H34N2O4/c1-7-26(15-18-8-13-21(29-5)22(14-18)30-6)16-23(27)25-24(17(2)3)19-9-11-20(28-4)12-10-19/h8-14,17,24H,7,15-16H2,1-6H3,(H,25,27). The second-order valence-electron chi connectivity index (χ2n) is 7.55. The molecule has 0 spiro atoms. The van der Waals surface area contributed by atoms with Crippen molar-refractivity contribution in [1.82, 2.24) is 10.2 Å². The minimum atomic E-state index is -0.0526. The van der Waals surface area contributed by atoms with Gasteiger partial charge in [0.15, 0.2) is 11.5 Å². The predicted octanol–water partition coefficient (Wildman–Crippen LogP) is 4.05. The largest absolute Gasteiger partial charge is 0.497 e. The number of nitrogens with one attached hydrogen (secondary N) is 1. The molecule has 0 aliphatic rings. The number of rotatable bonds is 11. The van der Waals surface area contributed by atoms with Gasteiger partial charge < -0.3 is 19.5 Å². The molecule has 30 heavy (non-hydrogen) atoms. The smallest absolute Gasteiger partial charge is 0.234 e. The molecule has 6 nitrogen and oxygen atoms in total. The van der Waals surface area contributed by atoms with Crippen molar-refractivity contribution in [3.05, 3.63) is 53.6 Å². The van der Waals surface area contributed by atoms with Crippen LogP contribution in [0.15, 0.2) is 42.5 Å². The zero-order chi connectivity index (χ0) is 22.1. The molecule has 0 heterocycles. The van der Waals surface area contributed by atoms with Gasteiger partial charge in [-0.1, -0.05) is 39.0 Å².